The van der Waals surface area contributed by atoms with Crippen LogP contribution in [0.15, 0.2) is 48.5 Å². The first-order chi connectivity index (χ1) is 18.4. The van der Waals surface area contributed by atoms with E-state index in [1.807, 2.05) is 12.1 Å². The molecule has 0 aliphatic rings. The normalized spacial score (nSPS) is 10.8. The van der Waals surface area contributed by atoms with Gasteiger partial charge in [-0.2, -0.15) is 4.80 Å². The minimum Gasteiger partial charge on any atom is -0.493 e. The average molecular weight is 554 g/mol. The van der Waals surface area contributed by atoms with Gasteiger partial charge in [-0.15, -0.1) is 10.2 Å². The summed E-state index contributed by atoms with van der Waals surface area (Å²) in [4.78, 5) is 14.4. The first-order valence-corrected chi connectivity index (χ1v) is 12.7. The van der Waals surface area contributed by atoms with Crippen molar-refractivity contribution >= 4 is 51.6 Å². The van der Waals surface area contributed by atoms with Gasteiger partial charge in [0.2, 0.25) is 5.75 Å². The number of rotatable bonds is 9. The van der Waals surface area contributed by atoms with Gasteiger partial charge in [-0.25, -0.2) is 0 Å². The van der Waals surface area contributed by atoms with Crippen LogP contribution in [0.2, 0.25) is 5.02 Å². The van der Waals surface area contributed by atoms with Gasteiger partial charge in [0.05, 0.1) is 37.7 Å². The summed E-state index contributed by atoms with van der Waals surface area (Å²) in [7, 11) is 4.44. The van der Waals surface area contributed by atoms with Crippen molar-refractivity contribution < 1.29 is 19.0 Å². The van der Waals surface area contributed by atoms with Crippen molar-refractivity contribution in [2.75, 3.05) is 26.6 Å². The molecule has 1 aromatic heterocycles. The molecule has 0 fully saturated rings. The largest absolute Gasteiger partial charge is 0.493 e. The summed E-state index contributed by atoms with van der Waals surface area (Å²) in [6, 6.07) is 14.7. The third-order valence-electron chi connectivity index (χ3n) is 5.86. The quantitative estimate of drug-likeness (QED) is 0.260. The SMILES string of the molecule is CCCCc1ccc(-n2nc3cc(Cl)c(NC(=S)NC(=O)c4cc(OC)c(OC)c(OC)c4)cc3n2)cc1. The lowest BCUT2D eigenvalue weighted by Crippen LogP contribution is -2.34. The van der Waals surface area contributed by atoms with Crippen LogP contribution in [-0.4, -0.2) is 47.3 Å². The van der Waals surface area contributed by atoms with Crippen LogP contribution in [0.25, 0.3) is 16.7 Å². The zero-order valence-corrected chi connectivity index (χ0v) is 23.1. The van der Waals surface area contributed by atoms with Gasteiger partial charge in [-0.1, -0.05) is 37.1 Å². The van der Waals surface area contributed by atoms with E-state index in [9.17, 15) is 4.79 Å². The Morgan fingerprint density at radius 1 is 0.974 bits per heavy atom. The molecule has 0 spiro atoms. The molecule has 0 unspecified atom stereocenters. The number of amides is 1. The van der Waals surface area contributed by atoms with E-state index >= 15 is 0 Å². The summed E-state index contributed by atoms with van der Waals surface area (Å²) in [6.07, 6.45) is 3.36. The van der Waals surface area contributed by atoms with Gasteiger partial charge >= 0.3 is 0 Å². The zero-order chi connectivity index (χ0) is 27.2. The van der Waals surface area contributed by atoms with E-state index in [1.165, 1.54) is 39.0 Å². The predicted molar refractivity (Wildman–Crippen MR) is 152 cm³/mol. The summed E-state index contributed by atoms with van der Waals surface area (Å²) < 4.78 is 15.9. The van der Waals surface area contributed by atoms with Gasteiger partial charge < -0.3 is 19.5 Å². The number of methoxy groups -OCH3 is 3. The molecule has 0 saturated carbocycles. The predicted octanol–water partition coefficient (Wildman–Crippen LogP) is 5.57. The van der Waals surface area contributed by atoms with E-state index in [1.54, 1.807) is 16.9 Å². The maximum atomic E-state index is 12.9. The number of thiocarbonyl (C=S) groups is 1. The van der Waals surface area contributed by atoms with Crippen molar-refractivity contribution in [3.05, 3.63) is 64.7 Å². The molecule has 11 heteroatoms. The van der Waals surface area contributed by atoms with Gasteiger partial charge in [0.1, 0.15) is 11.0 Å². The summed E-state index contributed by atoms with van der Waals surface area (Å²) in [5.41, 5.74) is 4.13. The number of fused-ring (bicyclic) bond motifs is 1. The molecule has 2 N–H and O–H groups in total. The number of nitrogens with zero attached hydrogens (tertiary/aromatic N) is 3. The van der Waals surface area contributed by atoms with Crippen LogP contribution < -0.4 is 24.8 Å². The third kappa shape index (κ3) is 5.98. The highest BCUT2D eigenvalue weighted by Crippen LogP contribution is 2.38. The molecule has 4 aromatic rings. The lowest BCUT2D eigenvalue weighted by atomic mass is 10.1. The van der Waals surface area contributed by atoms with Gasteiger partial charge in [-0.05, 0) is 67.0 Å². The molecular weight excluding hydrogens is 526 g/mol. The van der Waals surface area contributed by atoms with Crippen LogP contribution in [-0.2, 0) is 6.42 Å². The van der Waals surface area contributed by atoms with E-state index in [4.69, 9.17) is 38.0 Å². The summed E-state index contributed by atoms with van der Waals surface area (Å²) >= 11 is 11.8. The highest BCUT2D eigenvalue weighted by Gasteiger charge is 2.18. The number of hydrogen-bond acceptors (Lipinski definition) is 7. The lowest BCUT2D eigenvalue weighted by molar-refractivity contribution is 0.0977. The molecule has 4 rings (SSSR count). The number of unbranched alkanes of at least 4 members (excludes halogenated alkanes) is 1. The van der Waals surface area contributed by atoms with E-state index < -0.39 is 5.91 Å². The first kappa shape index (κ1) is 27.2. The molecule has 1 heterocycles. The van der Waals surface area contributed by atoms with E-state index in [-0.39, 0.29) is 10.7 Å². The molecule has 0 atom stereocenters. The van der Waals surface area contributed by atoms with Crippen LogP contribution in [0.3, 0.4) is 0 Å². The second-order valence-electron chi connectivity index (χ2n) is 8.40. The molecule has 0 aliphatic heterocycles. The maximum absolute atomic E-state index is 12.9. The number of carbonyl (C=O) groups is 1. The Bertz CT molecular complexity index is 1450. The van der Waals surface area contributed by atoms with Crippen molar-refractivity contribution in [1.29, 1.82) is 0 Å². The molecular formula is C27H28ClN5O4S. The van der Waals surface area contributed by atoms with Gasteiger partial charge in [0.15, 0.2) is 16.6 Å². The number of hydrogen-bond donors (Lipinski definition) is 2. The lowest BCUT2D eigenvalue weighted by Gasteiger charge is -2.15. The standard InChI is InChI=1S/C27H28ClN5O4S/c1-5-6-7-16-8-10-18(11-9-16)33-31-21-14-19(28)20(15-22(21)32-33)29-27(38)30-26(34)17-12-23(35-2)25(37-4)24(13-17)36-3/h8-15H,5-7H2,1-4H3,(H2,29,30,34,38). The number of ether oxygens (including phenoxy) is 3. The number of aryl methyl sites for hydroxylation is 1. The van der Waals surface area contributed by atoms with Crippen molar-refractivity contribution in [2.45, 2.75) is 26.2 Å². The minimum atomic E-state index is -0.465. The van der Waals surface area contributed by atoms with Gasteiger partial charge in [0.25, 0.3) is 5.91 Å². The average Bonchev–Trinajstić information content (AvgIpc) is 3.33. The molecule has 198 valence electrons. The molecule has 0 bridgehead atoms. The van der Waals surface area contributed by atoms with E-state index in [0.29, 0.717) is 39.0 Å². The minimum absolute atomic E-state index is 0.0556. The van der Waals surface area contributed by atoms with Crippen molar-refractivity contribution in [1.82, 2.24) is 20.3 Å². The Balaban J connectivity index is 1.49. The van der Waals surface area contributed by atoms with Gasteiger partial charge in [0, 0.05) is 5.56 Å². The van der Waals surface area contributed by atoms with E-state index in [2.05, 4.69) is 39.9 Å². The Hall–Kier alpha value is -3.89. The van der Waals surface area contributed by atoms with E-state index in [0.717, 1.165) is 24.9 Å². The molecule has 0 saturated heterocycles. The maximum Gasteiger partial charge on any atom is 0.257 e. The second-order valence-corrected chi connectivity index (χ2v) is 9.22. The zero-order valence-electron chi connectivity index (χ0n) is 21.5. The monoisotopic (exact) mass is 553 g/mol. The highest BCUT2D eigenvalue weighted by atomic mass is 35.5. The van der Waals surface area contributed by atoms with Crippen LogP contribution >= 0.6 is 23.8 Å². The number of halogens is 1. The summed E-state index contributed by atoms with van der Waals surface area (Å²) in [5.74, 6) is 0.617. The molecule has 3 aromatic carbocycles. The number of carbonyl (C=O) groups excluding carboxylic acids is 1. The molecule has 9 nitrogen and oxygen atoms in total. The van der Waals surface area contributed by atoms with Gasteiger partial charge in [-0.3, -0.25) is 10.1 Å². The third-order valence-corrected chi connectivity index (χ3v) is 6.37. The number of anilines is 1. The van der Waals surface area contributed by atoms with Crippen molar-refractivity contribution in [3.63, 3.8) is 0 Å². The first-order valence-electron chi connectivity index (χ1n) is 11.9. The Kier molecular flexibility index (Phi) is 8.65. The number of benzene rings is 3. The smallest absolute Gasteiger partial charge is 0.257 e. The molecule has 1 amide bonds. The second kappa shape index (κ2) is 12.1. The van der Waals surface area contributed by atoms with Crippen LogP contribution in [0.5, 0.6) is 17.2 Å². The Labute approximate surface area is 231 Å². The summed E-state index contributed by atoms with van der Waals surface area (Å²) in [6.45, 7) is 2.18. The molecule has 0 aliphatic carbocycles. The van der Waals surface area contributed by atoms with Crippen molar-refractivity contribution in [3.8, 4) is 22.9 Å². The fourth-order valence-electron chi connectivity index (χ4n) is 3.87. The highest BCUT2D eigenvalue weighted by molar-refractivity contribution is 7.80. The van der Waals surface area contributed by atoms with Crippen LogP contribution in [0.1, 0.15) is 35.7 Å². The Morgan fingerprint density at radius 2 is 1.61 bits per heavy atom. The molecule has 38 heavy (non-hydrogen) atoms. The fraction of sp³-hybridized carbons (Fsp3) is 0.259. The van der Waals surface area contributed by atoms with Crippen LogP contribution in [0, 0.1) is 0 Å². The topological polar surface area (TPSA) is 99.5 Å². The fourth-order valence-corrected chi connectivity index (χ4v) is 4.27. The number of aromatic nitrogens is 3. The summed E-state index contributed by atoms with van der Waals surface area (Å²) in [5, 5.41) is 15.2. The number of nitrogens with one attached hydrogen (secondary N) is 2. The van der Waals surface area contributed by atoms with Crippen molar-refractivity contribution in [2.24, 2.45) is 0 Å². The Morgan fingerprint density at radius 3 is 2.18 bits per heavy atom. The van der Waals surface area contributed by atoms with Crippen LogP contribution in [0.4, 0.5) is 5.69 Å². The molecule has 0 radical (unpaired) electrons.